The Morgan fingerprint density at radius 1 is 1.07 bits per heavy atom. The average Bonchev–Trinajstić information content (AvgIpc) is 3.24. The van der Waals surface area contributed by atoms with Gasteiger partial charge in [0.1, 0.15) is 5.75 Å². The van der Waals surface area contributed by atoms with Gasteiger partial charge in [-0.25, -0.2) is 0 Å². The number of anilines is 1. The summed E-state index contributed by atoms with van der Waals surface area (Å²) < 4.78 is 5.16. The molecule has 2 aromatic carbocycles. The highest BCUT2D eigenvalue weighted by atomic mass is 16.5. The van der Waals surface area contributed by atoms with E-state index in [-0.39, 0.29) is 17.2 Å². The molecule has 2 heterocycles. The second-order valence-corrected chi connectivity index (χ2v) is 7.65. The van der Waals surface area contributed by atoms with Crippen LogP contribution in [-0.2, 0) is 4.79 Å². The fraction of sp³-hybridized carbons (Fsp3) is 0.364. The molecule has 0 aromatic heterocycles. The quantitative estimate of drug-likeness (QED) is 0.840. The van der Waals surface area contributed by atoms with Crippen molar-refractivity contribution in [2.24, 2.45) is 5.41 Å². The third-order valence-corrected chi connectivity index (χ3v) is 5.79. The molecule has 2 fully saturated rings. The van der Waals surface area contributed by atoms with Gasteiger partial charge in [0.25, 0.3) is 5.91 Å². The van der Waals surface area contributed by atoms with Crippen LogP contribution in [0.25, 0.3) is 0 Å². The van der Waals surface area contributed by atoms with Crippen LogP contribution < -0.4 is 9.64 Å². The molecule has 0 radical (unpaired) electrons. The Balaban J connectivity index is 1.49. The molecule has 2 aliphatic rings. The summed E-state index contributed by atoms with van der Waals surface area (Å²) in [6.45, 7) is 4.04. The normalized spacial score (nSPS) is 21.9. The highest BCUT2D eigenvalue weighted by Crippen LogP contribution is 2.42. The molecule has 0 bridgehead atoms. The highest BCUT2D eigenvalue weighted by Gasteiger charge is 2.49. The van der Waals surface area contributed by atoms with Crippen LogP contribution in [0.2, 0.25) is 0 Å². The van der Waals surface area contributed by atoms with Crippen molar-refractivity contribution >= 4 is 17.5 Å². The van der Waals surface area contributed by atoms with Crippen LogP contribution in [0.5, 0.6) is 5.75 Å². The van der Waals surface area contributed by atoms with E-state index in [1.165, 1.54) is 0 Å². The van der Waals surface area contributed by atoms with E-state index in [0.717, 1.165) is 23.4 Å². The molecule has 0 aliphatic carbocycles. The Bertz CT molecular complexity index is 877. The fourth-order valence-electron chi connectivity index (χ4n) is 4.28. The van der Waals surface area contributed by atoms with Gasteiger partial charge < -0.3 is 14.5 Å². The third-order valence-electron chi connectivity index (χ3n) is 5.79. The van der Waals surface area contributed by atoms with Gasteiger partial charge >= 0.3 is 0 Å². The minimum atomic E-state index is -0.137. The molecule has 1 unspecified atom stereocenters. The molecule has 4 rings (SSSR count). The number of hydrogen-bond acceptors (Lipinski definition) is 3. The van der Waals surface area contributed by atoms with Crippen molar-refractivity contribution in [3.63, 3.8) is 0 Å². The van der Waals surface area contributed by atoms with Crippen molar-refractivity contribution in [3.05, 3.63) is 59.7 Å². The number of likely N-dealkylation sites (tertiary alicyclic amines) is 1. The van der Waals surface area contributed by atoms with E-state index in [2.05, 4.69) is 0 Å². The van der Waals surface area contributed by atoms with Gasteiger partial charge in [0.05, 0.1) is 7.11 Å². The molecular formula is C22H24N2O3. The van der Waals surface area contributed by atoms with E-state index in [1.54, 1.807) is 31.4 Å². The molecule has 2 aromatic rings. The average molecular weight is 364 g/mol. The first-order chi connectivity index (χ1) is 13.0. The SMILES string of the molecule is COc1ccc(C(=O)N2CCC3(CC(=O)N(c4ccccc4C)C3)C2)cc1. The maximum atomic E-state index is 12.9. The second kappa shape index (κ2) is 6.72. The Labute approximate surface area is 159 Å². The zero-order chi connectivity index (χ0) is 19.0. The predicted molar refractivity (Wildman–Crippen MR) is 104 cm³/mol. The number of hydrogen-bond donors (Lipinski definition) is 0. The Hall–Kier alpha value is -2.82. The first kappa shape index (κ1) is 17.6. The van der Waals surface area contributed by atoms with E-state index in [0.29, 0.717) is 31.6 Å². The fourth-order valence-corrected chi connectivity index (χ4v) is 4.28. The predicted octanol–water partition coefficient (Wildman–Crippen LogP) is 3.27. The maximum absolute atomic E-state index is 12.9. The number of nitrogens with zero attached hydrogens (tertiary/aromatic N) is 2. The number of benzene rings is 2. The molecule has 2 aliphatic heterocycles. The molecule has 2 saturated heterocycles. The molecule has 1 spiro atoms. The van der Waals surface area contributed by atoms with Gasteiger partial charge in [-0.05, 0) is 49.2 Å². The van der Waals surface area contributed by atoms with Crippen molar-refractivity contribution in [2.75, 3.05) is 31.6 Å². The van der Waals surface area contributed by atoms with Gasteiger partial charge in [-0.15, -0.1) is 0 Å². The monoisotopic (exact) mass is 364 g/mol. The van der Waals surface area contributed by atoms with Crippen LogP contribution in [0.1, 0.15) is 28.8 Å². The zero-order valence-electron chi connectivity index (χ0n) is 15.8. The zero-order valence-corrected chi connectivity index (χ0v) is 15.8. The first-order valence-corrected chi connectivity index (χ1v) is 9.31. The Kier molecular flexibility index (Phi) is 4.38. The molecule has 1 atom stereocenters. The number of methoxy groups -OCH3 is 1. The summed E-state index contributed by atoms with van der Waals surface area (Å²) in [5.74, 6) is 0.916. The van der Waals surface area contributed by atoms with Crippen LogP contribution in [0, 0.1) is 12.3 Å². The van der Waals surface area contributed by atoms with Crippen LogP contribution in [0.3, 0.4) is 0 Å². The minimum absolute atomic E-state index is 0.0244. The largest absolute Gasteiger partial charge is 0.497 e. The summed E-state index contributed by atoms with van der Waals surface area (Å²) in [5.41, 5.74) is 2.61. The Morgan fingerprint density at radius 3 is 2.52 bits per heavy atom. The number of carbonyl (C=O) groups excluding carboxylic acids is 2. The number of aryl methyl sites for hydroxylation is 1. The smallest absolute Gasteiger partial charge is 0.253 e. The molecule has 5 nitrogen and oxygen atoms in total. The maximum Gasteiger partial charge on any atom is 0.253 e. The van der Waals surface area contributed by atoms with Gasteiger partial charge in [-0.2, -0.15) is 0 Å². The van der Waals surface area contributed by atoms with Crippen LogP contribution in [0.15, 0.2) is 48.5 Å². The van der Waals surface area contributed by atoms with Gasteiger partial charge in [0.2, 0.25) is 5.91 Å². The van der Waals surface area contributed by atoms with E-state index >= 15 is 0 Å². The third kappa shape index (κ3) is 3.18. The summed E-state index contributed by atoms with van der Waals surface area (Å²) in [6.07, 6.45) is 1.37. The minimum Gasteiger partial charge on any atom is -0.497 e. The van der Waals surface area contributed by atoms with E-state index in [4.69, 9.17) is 4.74 Å². The molecule has 0 N–H and O–H groups in total. The molecule has 2 amide bonds. The highest BCUT2D eigenvalue weighted by molar-refractivity contribution is 5.98. The summed E-state index contributed by atoms with van der Waals surface area (Å²) in [5, 5.41) is 0. The second-order valence-electron chi connectivity index (χ2n) is 7.65. The van der Waals surface area contributed by atoms with Crippen molar-refractivity contribution in [2.45, 2.75) is 19.8 Å². The summed E-state index contributed by atoms with van der Waals surface area (Å²) >= 11 is 0. The van der Waals surface area contributed by atoms with Gasteiger partial charge in [-0.1, -0.05) is 18.2 Å². The lowest BCUT2D eigenvalue weighted by molar-refractivity contribution is -0.117. The number of amides is 2. The van der Waals surface area contributed by atoms with Crippen molar-refractivity contribution in [3.8, 4) is 5.75 Å². The number of ether oxygens (including phenoxy) is 1. The lowest BCUT2D eigenvalue weighted by Crippen LogP contribution is -2.34. The number of carbonyl (C=O) groups is 2. The van der Waals surface area contributed by atoms with Crippen molar-refractivity contribution < 1.29 is 14.3 Å². The molecular weight excluding hydrogens is 340 g/mol. The van der Waals surface area contributed by atoms with Gasteiger partial charge in [0.15, 0.2) is 0 Å². The summed E-state index contributed by atoms with van der Waals surface area (Å²) in [7, 11) is 1.61. The summed E-state index contributed by atoms with van der Waals surface area (Å²) in [6, 6.07) is 15.2. The van der Waals surface area contributed by atoms with Gasteiger partial charge in [-0.3, -0.25) is 9.59 Å². The summed E-state index contributed by atoms with van der Waals surface area (Å²) in [4.78, 5) is 29.4. The van der Waals surface area contributed by atoms with E-state index in [1.807, 2.05) is 41.0 Å². The number of rotatable bonds is 3. The van der Waals surface area contributed by atoms with Crippen LogP contribution in [0.4, 0.5) is 5.69 Å². The lowest BCUT2D eigenvalue weighted by Gasteiger charge is -2.25. The topological polar surface area (TPSA) is 49.9 Å². The van der Waals surface area contributed by atoms with Crippen LogP contribution in [-0.4, -0.2) is 43.5 Å². The molecule has 5 heteroatoms. The molecule has 0 saturated carbocycles. The van der Waals surface area contributed by atoms with E-state index in [9.17, 15) is 9.59 Å². The standard InChI is InChI=1S/C22H24N2O3/c1-16-5-3-4-6-19(16)24-15-22(13-20(24)25)11-12-23(14-22)21(26)17-7-9-18(27-2)10-8-17/h3-10H,11-15H2,1-2H3. The van der Waals surface area contributed by atoms with Crippen molar-refractivity contribution in [1.29, 1.82) is 0 Å². The first-order valence-electron chi connectivity index (χ1n) is 9.31. The van der Waals surface area contributed by atoms with Gasteiger partial charge in [0, 0.05) is 42.7 Å². The Morgan fingerprint density at radius 2 is 1.81 bits per heavy atom. The molecule has 27 heavy (non-hydrogen) atoms. The number of para-hydroxylation sites is 1. The van der Waals surface area contributed by atoms with Crippen molar-refractivity contribution in [1.82, 2.24) is 4.90 Å². The lowest BCUT2D eigenvalue weighted by atomic mass is 9.86. The van der Waals surface area contributed by atoms with E-state index < -0.39 is 0 Å². The van der Waals surface area contributed by atoms with Crippen LogP contribution >= 0.6 is 0 Å². The molecule has 140 valence electrons.